The van der Waals surface area contributed by atoms with Crippen molar-refractivity contribution in [2.45, 2.75) is 24.8 Å². The highest BCUT2D eigenvalue weighted by atomic mass is 16.6. The summed E-state index contributed by atoms with van der Waals surface area (Å²) in [5, 5.41) is 13.8. The Morgan fingerprint density at radius 1 is 1.50 bits per heavy atom. The van der Waals surface area contributed by atoms with E-state index in [0.29, 0.717) is 0 Å². The van der Waals surface area contributed by atoms with Crippen LogP contribution in [0.5, 0.6) is 0 Å². The number of hydrogen-bond donors (Lipinski definition) is 1. The summed E-state index contributed by atoms with van der Waals surface area (Å²) in [5.74, 6) is -0.119. The third-order valence-corrected chi connectivity index (χ3v) is 3.79. The predicted molar refractivity (Wildman–Crippen MR) is 69.7 cm³/mol. The van der Waals surface area contributed by atoms with Crippen LogP contribution in [0.3, 0.4) is 0 Å². The molecule has 1 N–H and O–H groups in total. The molecule has 0 amide bonds. The van der Waals surface area contributed by atoms with Crippen LogP contribution in [0, 0.1) is 10.1 Å². The Morgan fingerprint density at radius 2 is 2.22 bits per heavy atom. The van der Waals surface area contributed by atoms with Crippen LogP contribution in [-0.4, -0.2) is 41.0 Å². The Kier molecular flexibility index (Phi) is 3.47. The number of nitrogens with one attached hydrogen (secondary N) is 1. The summed E-state index contributed by atoms with van der Waals surface area (Å²) >= 11 is 0. The van der Waals surface area contributed by atoms with Gasteiger partial charge in [-0.3, -0.25) is 0 Å². The van der Waals surface area contributed by atoms with Gasteiger partial charge in [-0.2, -0.15) is 0 Å². The van der Waals surface area contributed by atoms with Crippen molar-refractivity contribution in [2.75, 3.05) is 26.0 Å². The number of rotatable bonds is 5. The predicted octanol–water partition coefficient (Wildman–Crippen LogP) is 1.89. The van der Waals surface area contributed by atoms with Crippen molar-refractivity contribution in [3.8, 4) is 0 Å². The molecular formula is C12H18N4O2. The lowest BCUT2D eigenvalue weighted by Gasteiger charge is -2.47. The molecule has 1 heterocycles. The Hall–Kier alpha value is -1.69. The average Bonchev–Trinajstić information content (AvgIpc) is 2.27. The summed E-state index contributed by atoms with van der Waals surface area (Å²) in [6, 6.07) is 3.12. The molecule has 0 bridgehead atoms. The first-order chi connectivity index (χ1) is 8.53. The van der Waals surface area contributed by atoms with Crippen LogP contribution in [0.25, 0.3) is 0 Å². The third-order valence-electron chi connectivity index (χ3n) is 3.79. The van der Waals surface area contributed by atoms with E-state index in [-0.39, 0.29) is 11.4 Å². The van der Waals surface area contributed by atoms with E-state index in [1.54, 1.807) is 6.07 Å². The highest BCUT2D eigenvalue weighted by molar-refractivity contribution is 5.44. The van der Waals surface area contributed by atoms with Crippen molar-refractivity contribution < 1.29 is 4.92 Å². The molecule has 6 nitrogen and oxygen atoms in total. The topological polar surface area (TPSA) is 71.3 Å². The molecule has 1 aliphatic carbocycles. The monoisotopic (exact) mass is 250 g/mol. The molecule has 0 aromatic carbocycles. The number of nitro groups is 1. The van der Waals surface area contributed by atoms with Crippen LogP contribution >= 0.6 is 0 Å². The molecule has 1 aromatic heterocycles. The van der Waals surface area contributed by atoms with Gasteiger partial charge in [0.15, 0.2) is 6.20 Å². The summed E-state index contributed by atoms with van der Waals surface area (Å²) in [5.41, 5.74) is 1.05. The van der Waals surface area contributed by atoms with Crippen LogP contribution in [0.15, 0.2) is 18.3 Å². The number of anilines is 1. The molecule has 6 heteroatoms. The summed E-state index contributed by atoms with van der Waals surface area (Å²) in [7, 11) is 4.18. The lowest BCUT2D eigenvalue weighted by molar-refractivity contribution is -0.389. The van der Waals surface area contributed by atoms with E-state index in [4.69, 9.17) is 0 Å². The molecule has 18 heavy (non-hydrogen) atoms. The smallest absolute Gasteiger partial charge is 0.363 e. The first kappa shape index (κ1) is 12.8. The van der Waals surface area contributed by atoms with Gasteiger partial charge in [-0.05, 0) is 49.3 Å². The van der Waals surface area contributed by atoms with E-state index in [2.05, 4.69) is 29.3 Å². The van der Waals surface area contributed by atoms with E-state index >= 15 is 0 Å². The third kappa shape index (κ3) is 2.43. The molecule has 0 atom stereocenters. The molecule has 1 fully saturated rings. The van der Waals surface area contributed by atoms with Crippen LogP contribution < -0.4 is 5.32 Å². The zero-order valence-electron chi connectivity index (χ0n) is 10.7. The number of hydrogen-bond acceptors (Lipinski definition) is 5. The van der Waals surface area contributed by atoms with Crippen LogP contribution in [0.1, 0.15) is 19.3 Å². The Balaban J connectivity index is 1.96. The fourth-order valence-electron chi connectivity index (χ4n) is 2.23. The molecule has 1 aromatic rings. The van der Waals surface area contributed by atoms with Gasteiger partial charge in [-0.25, -0.2) is 0 Å². The van der Waals surface area contributed by atoms with Crippen molar-refractivity contribution in [1.82, 2.24) is 9.88 Å². The van der Waals surface area contributed by atoms with Gasteiger partial charge in [-0.1, -0.05) is 0 Å². The minimum absolute atomic E-state index is 0.119. The normalized spacial score (nSPS) is 17.3. The maximum Gasteiger partial charge on any atom is 0.363 e. The van der Waals surface area contributed by atoms with Crippen molar-refractivity contribution in [3.63, 3.8) is 0 Å². The van der Waals surface area contributed by atoms with Gasteiger partial charge in [0.25, 0.3) is 0 Å². The second kappa shape index (κ2) is 4.89. The van der Waals surface area contributed by atoms with E-state index in [9.17, 15) is 10.1 Å². The molecular weight excluding hydrogens is 232 g/mol. The first-order valence-electron chi connectivity index (χ1n) is 6.05. The van der Waals surface area contributed by atoms with Gasteiger partial charge in [0.2, 0.25) is 0 Å². The SMILES string of the molecule is CN(C)C1(CNc2ccc([N+](=O)[O-])nc2)CCC1. The minimum atomic E-state index is -0.489. The Bertz CT molecular complexity index is 426. The zero-order valence-corrected chi connectivity index (χ0v) is 10.7. The lowest BCUT2D eigenvalue weighted by atomic mass is 9.75. The zero-order chi connectivity index (χ0) is 13.2. The molecule has 98 valence electrons. The standard InChI is InChI=1S/C12H18N4O2/c1-15(2)12(6-3-7-12)9-14-10-4-5-11(13-8-10)16(17)18/h4-5,8,14H,3,6-7,9H2,1-2H3. The second-order valence-corrected chi connectivity index (χ2v) is 4.99. The van der Waals surface area contributed by atoms with Crippen molar-refractivity contribution in [1.29, 1.82) is 0 Å². The molecule has 1 saturated carbocycles. The summed E-state index contributed by atoms with van der Waals surface area (Å²) < 4.78 is 0. The lowest BCUT2D eigenvalue weighted by Crippen LogP contribution is -2.54. The van der Waals surface area contributed by atoms with Gasteiger partial charge in [0.1, 0.15) is 0 Å². The molecule has 0 saturated heterocycles. The van der Waals surface area contributed by atoms with Crippen LogP contribution in [0.4, 0.5) is 11.5 Å². The maximum atomic E-state index is 10.5. The largest absolute Gasteiger partial charge is 0.380 e. The van der Waals surface area contributed by atoms with Crippen molar-refractivity contribution in [2.24, 2.45) is 0 Å². The first-order valence-corrected chi connectivity index (χ1v) is 6.05. The molecule has 0 spiro atoms. The van der Waals surface area contributed by atoms with E-state index in [0.717, 1.165) is 12.2 Å². The van der Waals surface area contributed by atoms with Gasteiger partial charge in [0.05, 0.1) is 5.69 Å². The van der Waals surface area contributed by atoms with Crippen LogP contribution in [0.2, 0.25) is 0 Å². The Morgan fingerprint density at radius 3 is 2.61 bits per heavy atom. The van der Waals surface area contributed by atoms with E-state index in [1.807, 2.05) is 0 Å². The fraction of sp³-hybridized carbons (Fsp3) is 0.583. The number of nitrogens with zero attached hydrogens (tertiary/aromatic N) is 3. The quantitative estimate of drug-likeness (QED) is 0.638. The van der Waals surface area contributed by atoms with E-state index in [1.165, 1.54) is 31.5 Å². The molecule has 2 rings (SSSR count). The number of pyridine rings is 1. The fourth-order valence-corrected chi connectivity index (χ4v) is 2.23. The molecule has 0 aliphatic heterocycles. The summed E-state index contributed by atoms with van der Waals surface area (Å²) in [6.07, 6.45) is 5.15. The van der Waals surface area contributed by atoms with E-state index < -0.39 is 4.92 Å². The summed E-state index contributed by atoms with van der Waals surface area (Å²) in [4.78, 5) is 16.0. The van der Waals surface area contributed by atoms with Gasteiger partial charge in [-0.15, -0.1) is 0 Å². The highest BCUT2D eigenvalue weighted by Gasteiger charge is 2.38. The molecule has 1 aliphatic rings. The number of aromatic nitrogens is 1. The highest BCUT2D eigenvalue weighted by Crippen LogP contribution is 2.36. The number of likely N-dealkylation sites (N-methyl/N-ethyl adjacent to an activating group) is 1. The van der Waals surface area contributed by atoms with Gasteiger partial charge < -0.3 is 20.3 Å². The Labute approximate surface area is 106 Å². The van der Waals surface area contributed by atoms with Crippen LogP contribution in [-0.2, 0) is 0 Å². The van der Waals surface area contributed by atoms with Crippen molar-refractivity contribution in [3.05, 3.63) is 28.4 Å². The average molecular weight is 250 g/mol. The van der Waals surface area contributed by atoms with Crippen molar-refractivity contribution >= 4 is 11.5 Å². The molecule has 0 radical (unpaired) electrons. The second-order valence-electron chi connectivity index (χ2n) is 4.99. The molecule has 0 unspecified atom stereocenters. The van der Waals surface area contributed by atoms with Gasteiger partial charge in [0, 0.05) is 18.2 Å². The van der Waals surface area contributed by atoms with Gasteiger partial charge >= 0.3 is 5.82 Å². The summed E-state index contributed by atoms with van der Waals surface area (Å²) in [6.45, 7) is 0.847. The maximum absolute atomic E-state index is 10.5. The minimum Gasteiger partial charge on any atom is -0.380 e.